The monoisotopic (exact) mass is 488 g/mol. The number of hydrogen-bond acceptors (Lipinski definition) is 6. The van der Waals surface area contributed by atoms with E-state index in [9.17, 15) is 0 Å². The number of benzene rings is 2. The molecule has 2 saturated heterocycles. The van der Waals surface area contributed by atoms with Gasteiger partial charge in [-0.2, -0.15) is 5.10 Å². The fraction of sp³-hybridized carbons (Fsp3) is 0.500. The summed E-state index contributed by atoms with van der Waals surface area (Å²) in [4.78, 5) is 13.2. The van der Waals surface area contributed by atoms with Crippen molar-refractivity contribution in [2.45, 2.75) is 51.9 Å². The van der Waals surface area contributed by atoms with Crippen molar-refractivity contribution in [3.05, 3.63) is 36.4 Å². The van der Waals surface area contributed by atoms with Gasteiger partial charge in [0.15, 0.2) is 5.82 Å². The van der Waals surface area contributed by atoms with Gasteiger partial charge in [-0.1, -0.05) is 13.8 Å². The van der Waals surface area contributed by atoms with Gasteiger partial charge in [-0.25, -0.2) is 4.98 Å². The number of aromatic amines is 2. The van der Waals surface area contributed by atoms with Gasteiger partial charge in [0, 0.05) is 30.2 Å². The molecule has 2 fully saturated rings. The molecule has 4 aromatic rings. The van der Waals surface area contributed by atoms with Crippen LogP contribution in [0.25, 0.3) is 33.5 Å². The van der Waals surface area contributed by atoms with Crippen molar-refractivity contribution in [1.82, 2.24) is 25.1 Å². The average Bonchev–Trinajstić information content (AvgIpc) is 3.47. The molecule has 3 unspecified atom stereocenters. The molecule has 0 saturated carbocycles. The van der Waals surface area contributed by atoms with Crippen LogP contribution in [0.1, 0.15) is 33.6 Å². The number of likely N-dealkylation sites (tertiary alicyclic amines) is 1. The van der Waals surface area contributed by atoms with Crippen molar-refractivity contribution in [1.29, 1.82) is 0 Å². The van der Waals surface area contributed by atoms with Crippen LogP contribution in [0, 0.1) is 5.92 Å². The Morgan fingerprint density at radius 1 is 1.11 bits per heavy atom. The summed E-state index contributed by atoms with van der Waals surface area (Å²) < 4.78 is 12.4. The first-order chi connectivity index (χ1) is 17.4. The second-order valence-electron chi connectivity index (χ2n) is 10.8. The van der Waals surface area contributed by atoms with Crippen LogP contribution in [-0.4, -0.2) is 76.6 Å². The lowest BCUT2D eigenvalue weighted by Gasteiger charge is -2.41. The fourth-order valence-corrected chi connectivity index (χ4v) is 5.49. The molecule has 2 aromatic heterocycles. The van der Waals surface area contributed by atoms with Gasteiger partial charge in [0.05, 0.1) is 29.3 Å². The molecule has 6 rings (SSSR count). The zero-order valence-electron chi connectivity index (χ0n) is 21.6. The maximum absolute atomic E-state index is 6.34. The number of morpholine rings is 1. The Bertz CT molecular complexity index is 1360. The molecule has 0 spiro atoms. The van der Waals surface area contributed by atoms with E-state index in [1.165, 1.54) is 12.1 Å². The number of H-pyrrole nitrogens is 2. The molecule has 8 heteroatoms. The molecule has 0 amide bonds. The lowest BCUT2D eigenvalue weighted by Crippen LogP contribution is -2.50. The number of imidazole rings is 1. The molecule has 2 aliphatic rings. The summed E-state index contributed by atoms with van der Waals surface area (Å²) >= 11 is 0. The van der Waals surface area contributed by atoms with E-state index in [2.05, 4.69) is 77.1 Å². The number of ether oxygens (including phenoxy) is 2. The topological polar surface area (TPSA) is 82.3 Å². The maximum atomic E-state index is 6.34. The smallest absolute Gasteiger partial charge is 0.159 e. The Balaban J connectivity index is 1.29. The van der Waals surface area contributed by atoms with Crippen LogP contribution in [0.4, 0.5) is 5.69 Å². The summed E-state index contributed by atoms with van der Waals surface area (Å²) in [5, 5.41) is 8.77. The summed E-state index contributed by atoms with van der Waals surface area (Å²) in [6, 6.07) is 13.0. The van der Waals surface area contributed by atoms with E-state index in [-0.39, 0.29) is 12.2 Å². The summed E-state index contributed by atoms with van der Waals surface area (Å²) in [6.07, 6.45) is 2.73. The van der Waals surface area contributed by atoms with E-state index < -0.39 is 0 Å². The van der Waals surface area contributed by atoms with Crippen molar-refractivity contribution in [2.24, 2.45) is 5.92 Å². The molecule has 2 aliphatic heterocycles. The number of nitrogens with one attached hydrogen (secondary N) is 2. The molecule has 8 nitrogen and oxygen atoms in total. The third-order valence-corrected chi connectivity index (χ3v) is 7.64. The van der Waals surface area contributed by atoms with Gasteiger partial charge in [0.2, 0.25) is 0 Å². The van der Waals surface area contributed by atoms with Gasteiger partial charge >= 0.3 is 0 Å². The maximum Gasteiger partial charge on any atom is 0.159 e. The predicted molar refractivity (Wildman–Crippen MR) is 144 cm³/mol. The van der Waals surface area contributed by atoms with Gasteiger partial charge in [-0.15, -0.1) is 0 Å². The Labute approximate surface area is 212 Å². The number of aromatic nitrogens is 4. The third-order valence-electron chi connectivity index (χ3n) is 7.64. The molecular weight excluding hydrogens is 452 g/mol. The van der Waals surface area contributed by atoms with E-state index in [4.69, 9.17) is 14.5 Å². The van der Waals surface area contributed by atoms with Crippen LogP contribution in [0.2, 0.25) is 0 Å². The van der Waals surface area contributed by atoms with Crippen molar-refractivity contribution in [3.63, 3.8) is 0 Å². The van der Waals surface area contributed by atoms with Crippen molar-refractivity contribution < 1.29 is 9.47 Å². The van der Waals surface area contributed by atoms with E-state index in [0.29, 0.717) is 12.0 Å². The Hall–Kier alpha value is -3.10. The summed E-state index contributed by atoms with van der Waals surface area (Å²) in [5.41, 5.74) is 4.92. The second-order valence-corrected chi connectivity index (χ2v) is 10.8. The summed E-state index contributed by atoms with van der Waals surface area (Å²) in [5.74, 6) is 2.13. The fourth-order valence-electron chi connectivity index (χ4n) is 5.49. The summed E-state index contributed by atoms with van der Waals surface area (Å²) in [6.45, 7) is 10.4. The first kappa shape index (κ1) is 23.3. The highest BCUT2D eigenvalue weighted by molar-refractivity contribution is 5.94. The first-order valence-electron chi connectivity index (χ1n) is 13.2. The number of rotatable bonds is 5. The van der Waals surface area contributed by atoms with Crippen LogP contribution in [0.3, 0.4) is 0 Å². The zero-order valence-corrected chi connectivity index (χ0v) is 21.6. The lowest BCUT2D eigenvalue weighted by atomic mass is 10.0. The Morgan fingerprint density at radius 2 is 2.00 bits per heavy atom. The Morgan fingerprint density at radius 3 is 2.83 bits per heavy atom. The quantitative estimate of drug-likeness (QED) is 0.419. The number of anilines is 1. The van der Waals surface area contributed by atoms with E-state index in [1.807, 2.05) is 12.1 Å². The van der Waals surface area contributed by atoms with Crippen LogP contribution >= 0.6 is 0 Å². The molecule has 4 heterocycles. The SMILES string of the molecule is CC(C)C1CN(c2ccc3nc(-c4n[nH]c5ccc(OC6CCCN(C)C6)cc45)[nH]c3c2)C(C)CO1. The highest BCUT2D eigenvalue weighted by Gasteiger charge is 2.28. The lowest BCUT2D eigenvalue weighted by molar-refractivity contribution is -0.00422. The minimum Gasteiger partial charge on any atom is -0.489 e. The third kappa shape index (κ3) is 4.44. The number of fused-ring (bicyclic) bond motifs is 2. The molecule has 2 N–H and O–H groups in total. The van der Waals surface area contributed by atoms with E-state index in [1.54, 1.807) is 0 Å². The Kier molecular flexibility index (Phi) is 6.09. The van der Waals surface area contributed by atoms with Gasteiger partial charge in [0.1, 0.15) is 17.5 Å². The van der Waals surface area contributed by atoms with Gasteiger partial charge in [-0.05, 0) is 75.7 Å². The van der Waals surface area contributed by atoms with E-state index >= 15 is 0 Å². The van der Waals surface area contributed by atoms with Crippen molar-refractivity contribution >= 4 is 27.6 Å². The number of nitrogens with zero attached hydrogens (tertiary/aromatic N) is 4. The van der Waals surface area contributed by atoms with Crippen LogP contribution < -0.4 is 9.64 Å². The zero-order chi connectivity index (χ0) is 24.8. The largest absolute Gasteiger partial charge is 0.489 e. The first-order valence-corrected chi connectivity index (χ1v) is 13.2. The molecule has 0 radical (unpaired) electrons. The second kappa shape index (κ2) is 9.41. The van der Waals surface area contributed by atoms with Crippen LogP contribution in [0.5, 0.6) is 5.75 Å². The molecular formula is C28H36N6O2. The summed E-state index contributed by atoms with van der Waals surface area (Å²) in [7, 11) is 2.16. The highest BCUT2D eigenvalue weighted by atomic mass is 16.5. The number of likely N-dealkylation sites (N-methyl/N-ethyl adjacent to an activating group) is 1. The molecule has 3 atom stereocenters. The standard InChI is InChI=1S/C28H36N6O2/c1-17(2)26-15-34(18(3)16-35-26)19-7-9-24-25(12-19)30-28(29-24)27-22-13-20(8-10-23(22)31-32-27)36-21-6-5-11-33(4)14-21/h7-10,12-13,17-18,21,26H,5-6,11,14-16H2,1-4H3,(H,29,30)(H,31,32). The highest BCUT2D eigenvalue weighted by Crippen LogP contribution is 2.32. The van der Waals surface area contributed by atoms with Crippen LogP contribution in [-0.2, 0) is 4.74 Å². The van der Waals surface area contributed by atoms with Gasteiger partial charge < -0.3 is 24.3 Å². The minimum absolute atomic E-state index is 0.221. The number of hydrogen-bond donors (Lipinski definition) is 2. The van der Waals surface area contributed by atoms with Crippen molar-refractivity contribution in [2.75, 3.05) is 38.2 Å². The number of piperidine rings is 1. The normalized spacial score (nSPS) is 23.7. The van der Waals surface area contributed by atoms with E-state index in [0.717, 1.165) is 71.9 Å². The van der Waals surface area contributed by atoms with Crippen molar-refractivity contribution in [3.8, 4) is 17.3 Å². The van der Waals surface area contributed by atoms with Gasteiger partial charge in [0.25, 0.3) is 0 Å². The van der Waals surface area contributed by atoms with Crippen LogP contribution in [0.15, 0.2) is 36.4 Å². The predicted octanol–water partition coefficient (Wildman–Crippen LogP) is 4.83. The molecule has 2 aromatic carbocycles. The molecule has 190 valence electrons. The molecule has 36 heavy (non-hydrogen) atoms. The minimum atomic E-state index is 0.221. The molecule has 0 bridgehead atoms. The van der Waals surface area contributed by atoms with Gasteiger partial charge in [-0.3, -0.25) is 5.10 Å². The average molecular weight is 489 g/mol. The molecule has 0 aliphatic carbocycles.